The van der Waals surface area contributed by atoms with Crippen LogP contribution in [0.2, 0.25) is 0 Å². The highest BCUT2D eigenvalue weighted by atomic mass is 16.2. The summed E-state index contributed by atoms with van der Waals surface area (Å²) >= 11 is 0. The van der Waals surface area contributed by atoms with Gasteiger partial charge in [0.1, 0.15) is 0 Å². The molecule has 1 aliphatic rings. The van der Waals surface area contributed by atoms with Crippen LogP contribution in [0.3, 0.4) is 0 Å². The maximum atomic E-state index is 12.6. The van der Waals surface area contributed by atoms with E-state index in [0.29, 0.717) is 18.7 Å². The number of hydrogen-bond donors (Lipinski definition) is 2. The van der Waals surface area contributed by atoms with E-state index in [4.69, 9.17) is 0 Å². The minimum absolute atomic E-state index is 0.0356. The molecule has 2 N–H and O–H groups in total. The molecule has 0 bridgehead atoms. The first-order valence-corrected chi connectivity index (χ1v) is 9.44. The molecule has 0 atom stereocenters. The number of para-hydroxylation sites is 1. The molecule has 3 amide bonds. The molecule has 5 heteroatoms. The highest BCUT2D eigenvalue weighted by Crippen LogP contribution is 2.21. The molecule has 0 radical (unpaired) electrons. The van der Waals surface area contributed by atoms with E-state index in [0.717, 1.165) is 35.2 Å². The fourth-order valence-electron chi connectivity index (χ4n) is 3.52. The van der Waals surface area contributed by atoms with Gasteiger partial charge in [-0.05, 0) is 56.4 Å². The molecule has 1 heterocycles. The smallest absolute Gasteiger partial charge is 0.321 e. The first-order chi connectivity index (χ1) is 13.0. The Kier molecular flexibility index (Phi) is 5.79. The summed E-state index contributed by atoms with van der Waals surface area (Å²) in [6.45, 7) is 7.20. The van der Waals surface area contributed by atoms with E-state index >= 15 is 0 Å². The molecule has 3 rings (SSSR count). The SMILES string of the molecule is Cc1ccccc1C(=O)NC1CCN(C(=O)Nc2c(C)cccc2C)CC1. The normalized spacial score (nSPS) is 14.7. The standard InChI is InChI=1S/C22H27N3O2/c1-15-7-4-5-10-19(15)21(26)23-18-11-13-25(14-12-18)22(27)24-20-16(2)8-6-9-17(20)3/h4-10,18H,11-14H2,1-3H3,(H,23,26)(H,24,27). The number of rotatable bonds is 3. The summed E-state index contributed by atoms with van der Waals surface area (Å²) in [6, 6.07) is 13.6. The van der Waals surface area contributed by atoms with Crippen molar-refractivity contribution in [1.82, 2.24) is 10.2 Å². The summed E-state index contributed by atoms with van der Waals surface area (Å²) in [6.07, 6.45) is 1.52. The summed E-state index contributed by atoms with van der Waals surface area (Å²) in [5.41, 5.74) is 4.69. The van der Waals surface area contributed by atoms with Gasteiger partial charge in [-0.15, -0.1) is 0 Å². The average Bonchev–Trinajstić information content (AvgIpc) is 2.65. The predicted octanol–water partition coefficient (Wildman–Crippen LogP) is 4.04. The summed E-state index contributed by atoms with van der Waals surface area (Å²) in [4.78, 5) is 26.9. The van der Waals surface area contributed by atoms with Gasteiger partial charge in [0.15, 0.2) is 0 Å². The van der Waals surface area contributed by atoms with Crippen molar-refractivity contribution in [2.75, 3.05) is 18.4 Å². The number of likely N-dealkylation sites (tertiary alicyclic amines) is 1. The largest absolute Gasteiger partial charge is 0.349 e. The van der Waals surface area contributed by atoms with Gasteiger partial charge in [0.25, 0.3) is 5.91 Å². The zero-order valence-electron chi connectivity index (χ0n) is 16.2. The first kappa shape index (κ1) is 19.0. The lowest BCUT2D eigenvalue weighted by Gasteiger charge is -2.32. The Morgan fingerprint density at radius 1 is 0.889 bits per heavy atom. The second-order valence-electron chi connectivity index (χ2n) is 7.25. The molecule has 142 valence electrons. The zero-order valence-corrected chi connectivity index (χ0v) is 16.2. The van der Waals surface area contributed by atoms with Crippen LogP contribution >= 0.6 is 0 Å². The van der Waals surface area contributed by atoms with Crippen LogP contribution < -0.4 is 10.6 Å². The Bertz CT molecular complexity index is 819. The average molecular weight is 365 g/mol. The van der Waals surface area contributed by atoms with Gasteiger partial charge in [0, 0.05) is 30.4 Å². The molecule has 0 saturated carbocycles. The Labute approximate surface area is 160 Å². The van der Waals surface area contributed by atoms with Crippen LogP contribution in [0.4, 0.5) is 10.5 Å². The molecular weight excluding hydrogens is 338 g/mol. The number of nitrogens with one attached hydrogen (secondary N) is 2. The number of hydrogen-bond acceptors (Lipinski definition) is 2. The van der Waals surface area contributed by atoms with Crippen molar-refractivity contribution >= 4 is 17.6 Å². The van der Waals surface area contributed by atoms with Gasteiger partial charge in [-0.3, -0.25) is 4.79 Å². The maximum Gasteiger partial charge on any atom is 0.321 e. The summed E-state index contributed by atoms with van der Waals surface area (Å²) < 4.78 is 0. The van der Waals surface area contributed by atoms with Crippen molar-refractivity contribution in [3.63, 3.8) is 0 Å². The van der Waals surface area contributed by atoms with Crippen molar-refractivity contribution in [3.05, 3.63) is 64.7 Å². The Morgan fingerprint density at radius 2 is 1.48 bits per heavy atom. The molecule has 0 unspecified atom stereocenters. The minimum Gasteiger partial charge on any atom is -0.349 e. The highest BCUT2D eigenvalue weighted by molar-refractivity contribution is 5.95. The van der Waals surface area contributed by atoms with E-state index < -0.39 is 0 Å². The van der Waals surface area contributed by atoms with E-state index in [-0.39, 0.29) is 18.0 Å². The van der Waals surface area contributed by atoms with Crippen molar-refractivity contribution in [2.24, 2.45) is 0 Å². The van der Waals surface area contributed by atoms with Gasteiger partial charge < -0.3 is 15.5 Å². The topological polar surface area (TPSA) is 61.4 Å². The van der Waals surface area contributed by atoms with Crippen LogP contribution in [0.5, 0.6) is 0 Å². The lowest BCUT2D eigenvalue weighted by molar-refractivity contribution is 0.0918. The van der Waals surface area contributed by atoms with Crippen LogP contribution in [-0.4, -0.2) is 36.0 Å². The second-order valence-corrected chi connectivity index (χ2v) is 7.25. The van der Waals surface area contributed by atoms with Crippen molar-refractivity contribution in [3.8, 4) is 0 Å². The third kappa shape index (κ3) is 4.48. The molecule has 27 heavy (non-hydrogen) atoms. The monoisotopic (exact) mass is 365 g/mol. The Morgan fingerprint density at radius 3 is 2.11 bits per heavy atom. The van der Waals surface area contributed by atoms with Crippen LogP contribution in [0.25, 0.3) is 0 Å². The molecule has 0 aromatic heterocycles. The number of nitrogens with zero attached hydrogens (tertiary/aromatic N) is 1. The van der Waals surface area contributed by atoms with Gasteiger partial charge >= 0.3 is 6.03 Å². The Balaban J connectivity index is 1.53. The zero-order chi connectivity index (χ0) is 19.4. The molecule has 2 aromatic rings. The van der Waals surface area contributed by atoms with Crippen LogP contribution in [0.15, 0.2) is 42.5 Å². The van der Waals surface area contributed by atoms with E-state index in [1.54, 1.807) is 0 Å². The van der Waals surface area contributed by atoms with Gasteiger partial charge in [-0.2, -0.15) is 0 Å². The predicted molar refractivity (Wildman–Crippen MR) is 108 cm³/mol. The van der Waals surface area contributed by atoms with Crippen LogP contribution in [-0.2, 0) is 0 Å². The number of carbonyl (C=O) groups is 2. The molecule has 1 fully saturated rings. The van der Waals surface area contributed by atoms with Gasteiger partial charge in [0.2, 0.25) is 0 Å². The van der Waals surface area contributed by atoms with Gasteiger partial charge in [0.05, 0.1) is 0 Å². The van der Waals surface area contributed by atoms with E-state index in [2.05, 4.69) is 10.6 Å². The number of carbonyl (C=O) groups excluding carboxylic acids is 2. The second kappa shape index (κ2) is 8.25. The number of anilines is 1. The first-order valence-electron chi connectivity index (χ1n) is 9.44. The fraction of sp³-hybridized carbons (Fsp3) is 0.364. The summed E-state index contributed by atoms with van der Waals surface area (Å²) in [5, 5.41) is 6.14. The number of amides is 3. The number of aryl methyl sites for hydroxylation is 3. The third-order valence-corrected chi connectivity index (χ3v) is 5.22. The maximum absolute atomic E-state index is 12.6. The lowest BCUT2D eigenvalue weighted by atomic mass is 10.0. The molecule has 1 saturated heterocycles. The summed E-state index contributed by atoms with van der Waals surface area (Å²) in [5.74, 6) is -0.0356. The molecule has 2 aromatic carbocycles. The number of urea groups is 1. The van der Waals surface area contributed by atoms with Crippen molar-refractivity contribution < 1.29 is 9.59 Å². The highest BCUT2D eigenvalue weighted by Gasteiger charge is 2.25. The molecular formula is C22H27N3O2. The van der Waals surface area contributed by atoms with E-state index in [1.807, 2.05) is 68.1 Å². The molecule has 0 aliphatic carbocycles. The van der Waals surface area contributed by atoms with E-state index in [1.165, 1.54) is 0 Å². The van der Waals surface area contributed by atoms with Gasteiger partial charge in [-0.25, -0.2) is 4.79 Å². The fourth-order valence-corrected chi connectivity index (χ4v) is 3.52. The molecule has 0 spiro atoms. The molecule has 5 nitrogen and oxygen atoms in total. The van der Waals surface area contributed by atoms with Crippen molar-refractivity contribution in [1.29, 1.82) is 0 Å². The quantitative estimate of drug-likeness (QED) is 0.862. The van der Waals surface area contributed by atoms with Crippen molar-refractivity contribution in [2.45, 2.75) is 39.7 Å². The number of benzene rings is 2. The van der Waals surface area contributed by atoms with Gasteiger partial charge in [-0.1, -0.05) is 36.4 Å². The minimum atomic E-state index is -0.0731. The third-order valence-electron chi connectivity index (χ3n) is 5.22. The van der Waals surface area contributed by atoms with E-state index in [9.17, 15) is 9.59 Å². The summed E-state index contributed by atoms with van der Waals surface area (Å²) in [7, 11) is 0. The van der Waals surface area contributed by atoms with Crippen LogP contribution in [0, 0.1) is 20.8 Å². The lowest BCUT2D eigenvalue weighted by Crippen LogP contribution is -2.47. The number of piperidine rings is 1. The van der Waals surface area contributed by atoms with Crippen LogP contribution in [0.1, 0.15) is 39.9 Å². The molecule has 1 aliphatic heterocycles. The Hall–Kier alpha value is -2.82.